The van der Waals surface area contributed by atoms with Gasteiger partial charge in [0.25, 0.3) is 0 Å². The number of thioether (sulfide) groups is 1. The molecule has 1 aliphatic rings. The summed E-state index contributed by atoms with van der Waals surface area (Å²) in [6, 6.07) is 0.430. The molecular weight excluding hydrogens is 280 g/mol. The summed E-state index contributed by atoms with van der Waals surface area (Å²) >= 11 is 2.97. The van der Waals surface area contributed by atoms with E-state index in [2.05, 4.69) is 12.2 Å². The third-order valence-electron chi connectivity index (χ3n) is 3.25. The van der Waals surface area contributed by atoms with Crippen molar-refractivity contribution in [1.29, 1.82) is 0 Å². The summed E-state index contributed by atoms with van der Waals surface area (Å²) < 4.78 is 5.04. The smallest absolute Gasteiger partial charge is 0.350 e. The van der Waals surface area contributed by atoms with Gasteiger partial charge in [0.1, 0.15) is 9.88 Å². The average Bonchev–Trinajstić information content (AvgIpc) is 3.16. The highest BCUT2D eigenvalue weighted by Crippen LogP contribution is 2.44. The number of hydrogen-bond donors (Lipinski definition) is 2. The number of hydrogen-bond acceptors (Lipinski definition) is 6. The number of ether oxygens (including phenoxy) is 1. The summed E-state index contributed by atoms with van der Waals surface area (Å²) in [7, 11) is 0. The van der Waals surface area contributed by atoms with Crippen LogP contribution in [0.15, 0.2) is 4.90 Å². The molecule has 1 aromatic rings. The van der Waals surface area contributed by atoms with Crippen molar-refractivity contribution in [3.8, 4) is 0 Å². The van der Waals surface area contributed by atoms with Gasteiger partial charge in [-0.1, -0.05) is 0 Å². The van der Waals surface area contributed by atoms with Crippen molar-refractivity contribution in [1.82, 2.24) is 0 Å². The normalized spacial score (nSPS) is 16.2. The van der Waals surface area contributed by atoms with E-state index < -0.39 is 0 Å². The largest absolute Gasteiger partial charge is 0.462 e. The first-order chi connectivity index (χ1) is 9.08. The molecule has 1 unspecified atom stereocenters. The Morgan fingerprint density at radius 3 is 2.84 bits per heavy atom. The number of nitrogens with two attached hydrogens (primary N) is 1. The standard InChI is InChI=1S/C13H20N2O2S2/c1-4-17-13(16)11-9(14)10(18-3)12(19-11)15-7(2)8-5-6-8/h7-8,15H,4-6,14H2,1-3H3. The number of nitrogen functional groups attached to an aromatic ring is 1. The summed E-state index contributed by atoms with van der Waals surface area (Å²) in [4.78, 5) is 13.3. The van der Waals surface area contributed by atoms with E-state index in [1.54, 1.807) is 18.7 Å². The second-order valence-corrected chi connectivity index (χ2v) is 6.54. The van der Waals surface area contributed by atoms with Crippen LogP contribution in [0.3, 0.4) is 0 Å². The fraction of sp³-hybridized carbons (Fsp3) is 0.615. The third-order valence-corrected chi connectivity index (χ3v) is 5.33. The molecule has 4 nitrogen and oxygen atoms in total. The third kappa shape index (κ3) is 3.17. The van der Waals surface area contributed by atoms with Gasteiger partial charge in [0.2, 0.25) is 0 Å². The Kier molecular flexibility index (Phi) is 4.62. The van der Waals surface area contributed by atoms with E-state index >= 15 is 0 Å². The molecule has 3 N–H and O–H groups in total. The predicted molar refractivity (Wildman–Crippen MR) is 82.3 cm³/mol. The van der Waals surface area contributed by atoms with Crippen molar-refractivity contribution < 1.29 is 9.53 Å². The quantitative estimate of drug-likeness (QED) is 0.622. The molecule has 0 spiro atoms. The highest BCUT2D eigenvalue weighted by molar-refractivity contribution is 7.99. The molecule has 1 saturated carbocycles. The van der Waals surface area contributed by atoms with Gasteiger partial charge in [-0.2, -0.15) is 0 Å². The molecule has 0 amide bonds. The van der Waals surface area contributed by atoms with Gasteiger partial charge in [-0.05, 0) is 38.9 Å². The molecule has 1 heterocycles. The fourth-order valence-electron chi connectivity index (χ4n) is 2.00. The Bertz CT molecular complexity index is 469. The van der Waals surface area contributed by atoms with E-state index in [1.165, 1.54) is 24.2 Å². The van der Waals surface area contributed by atoms with Crippen LogP contribution in [0.2, 0.25) is 0 Å². The summed E-state index contributed by atoms with van der Waals surface area (Å²) in [6.45, 7) is 4.35. The summed E-state index contributed by atoms with van der Waals surface area (Å²) in [5, 5.41) is 4.48. The lowest BCUT2D eigenvalue weighted by Gasteiger charge is -2.13. The van der Waals surface area contributed by atoms with Crippen molar-refractivity contribution in [2.45, 2.75) is 37.6 Å². The minimum atomic E-state index is -0.326. The molecule has 19 heavy (non-hydrogen) atoms. The lowest BCUT2D eigenvalue weighted by molar-refractivity contribution is 0.0533. The second kappa shape index (κ2) is 6.05. The van der Waals surface area contributed by atoms with Crippen molar-refractivity contribution in [3.63, 3.8) is 0 Å². The van der Waals surface area contributed by atoms with E-state index in [4.69, 9.17) is 10.5 Å². The molecule has 6 heteroatoms. The maximum atomic E-state index is 11.9. The zero-order chi connectivity index (χ0) is 14.0. The molecule has 0 saturated heterocycles. The van der Waals surface area contributed by atoms with Crippen LogP contribution in [0.25, 0.3) is 0 Å². The number of carbonyl (C=O) groups excluding carboxylic acids is 1. The molecule has 1 fully saturated rings. The molecule has 0 aromatic carbocycles. The Balaban J connectivity index is 2.21. The number of thiophene rings is 1. The van der Waals surface area contributed by atoms with Gasteiger partial charge in [0.15, 0.2) is 0 Å². The number of nitrogens with one attached hydrogen (secondary N) is 1. The van der Waals surface area contributed by atoms with E-state index in [1.807, 2.05) is 6.26 Å². The number of rotatable bonds is 6. The first-order valence-corrected chi connectivity index (χ1v) is 8.52. The highest BCUT2D eigenvalue weighted by Gasteiger charge is 2.30. The first kappa shape index (κ1) is 14.5. The van der Waals surface area contributed by atoms with E-state index in [0.29, 0.717) is 23.2 Å². The van der Waals surface area contributed by atoms with Gasteiger partial charge in [-0.3, -0.25) is 0 Å². The first-order valence-electron chi connectivity index (χ1n) is 6.48. The number of anilines is 2. The van der Waals surface area contributed by atoms with Crippen LogP contribution < -0.4 is 11.1 Å². The molecule has 0 bridgehead atoms. The Morgan fingerprint density at radius 1 is 1.63 bits per heavy atom. The van der Waals surface area contributed by atoms with Gasteiger partial charge < -0.3 is 15.8 Å². The monoisotopic (exact) mass is 300 g/mol. The Labute approximate surface area is 122 Å². The molecule has 0 radical (unpaired) electrons. The molecule has 0 aliphatic heterocycles. The van der Waals surface area contributed by atoms with Gasteiger partial charge >= 0.3 is 5.97 Å². The maximum Gasteiger partial charge on any atom is 0.350 e. The SMILES string of the molecule is CCOC(=O)c1sc(NC(C)C2CC2)c(SC)c1N. The van der Waals surface area contributed by atoms with Gasteiger partial charge in [0, 0.05) is 6.04 Å². The van der Waals surface area contributed by atoms with Gasteiger partial charge in [0.05, 0.1) is 17.2 Å². The molecular formula is C13H20N2O2S2. The number of esters is 1. The molecule has 1 aromatic heterocycles. The topological polar surface area (TPSA) is 64.3 Å². The zero-order valence-corrected chi connectivity index (χ0v) is 13.1. The van der Waals surface area contributed by atoms with Gasteiger partial charge in [-0.15, -0.1) is 23.1 Å². The highest BCUT2D eigenvalue weighted by atomic mass is 32.2. The van der Waals surface area contributed by atoms with Crippen LogP contribution in [-0.2, 0) is 4.74 Å². The van der Waals surface area contributed by atoms with Crippen LogP contribution >= 0.6 is 23.1 Å². The number of carbonyl (C=O) groups is 1. The summed E-state index contributed by atoms with van der Waals surface area (Å²) in [6.07, 6.45) is 4.54. The lowest BCUT2D eigenvalue weighted by atomic mass is 10.2. The van der Waals surface area contributed by atoms with Gasteiger partial charge in [-0.25, -0.2) is 4.79 Å². The molecule has 2 rings (SSSR count). The molecule has 1 atom stereocenters. The second-order valence-electron chi connectivity index (χ2n) is 4.70. The lowest BCUT2D eigenvalue weighted by Crippen LogP contribution is -2.16. The van der Waals surface area contributed by atoms with E-state index in [-0.39, 0.29) is 5.97 Å². The van der Waals surface area contributed by atoms with E-state index in [9.17, 15) is 4.79 Å². The minimum absolute atomic E-state index is 0.326. The zero-order valence-electron chi connectivity index (χ0n) is 11.5. The summed E-state index contributed by atoms with van der Waals surface area (Å²) in [5.41, 5.74) is 6.61. The van der Waals surface area contributed by atoms with Crippen LogP contribution in [0.1, 0.15) is 36.4 Å². The van der Waals surface area contributed by atoms with Crippen LogP contribution in [-0.4, -0.2) is 24.9 Å². The van der Waals surface area contributed by atoms with Crippen molar-refractivity contribution >= 4 is 39.8 Å². The predicted octanol–water partition coefficient (Wildman–Crippen LogP) is 3.44. The Hall–Kier alpha value is -0.880. The van der Waals surface area contributed by atoms with Crippen molar-refractivity contribution in [2.75, 3.05) is 23.9 Å². The van der Waals surface area contributed by atoms with E-state index in [0.717, 1.165) is 15.8 Å². The average molecular weight is 300 g/mol. The van der Waals surface area contributed by atoms with Crippen molar-refractivity contribution in [3.05, 3.63) is 4.88 Å². The minimum Gasteiger partial charge on any atom is -0.462 e. The van der Waals surface area contributed by atoms with Crippen LogP contribution in [0.5, 0.6) is 0 Å². The van der Waals surface area contributed by atoms with Crippen molar-refractivity contribution in [2.24, 2.45) is 5.92 Å². The summed E-state index contributed by atoms with van der Waals surface area (Å²) in [5.74, 6) is 0.427. The molecule has 1 aliphatic carbocycles. The van der Waals surface area contributed by atoms with Crippen LogP contribution in [0, 0.1) is 5.92 Å². The maximum absolute atomic E-state index is 11.9. The Morgan fingerprint density at radius 2 is 2.32 bits per heavy atom. The molecule has 106 valence electrons. The fourth-order valence-corrected chi connectivity index (χ4v) is 4.01. The van der Waals surface area contributed by atoms with Crippen LogP contribution in [0.4, 0.5) is 10.7 Å².